The smallest absolute Gasteiger partial charge is 0.261 e. The number of rotatable bonds is 8. The van der Waals surface area contributed by atoms with Crippen molar-refractivity contribution in [2.45, 2.75) is 41.4 Å². The van der Waals surface area contributed by atoms with Crippen LogP contribution in [0.4, 0.5) is 11.4 Å². The highest BCUT2D eigenvalue weighted by atomic mass is 32.2. The topological polar surface area (TPSA) is 113 Å². The normalized spacial score (nSPS) is 14.0. The second-order valence-corrected chi connectivity index (χ2v) is 13.1. The molecule has 0 bridgehead atoms. The van der Waals surface area contributed by atoms with Crippen LogP contribution in [0.2, 0.25) is 0 Å². The molecule has 11 heteroatoms. The molecule has 0 saturated carbocycles. The molecular weight excluding hydrogens is 531 g/mol. The molecule has 1 aliphatic heterocycles. The molecule has 37 heavy (non-hydrogen) atoms. The maximum absolute atomic E-state index is 13.1. The quantitative estimate of drug-likeness (QED) is 0.381. The Labute approximate surface area is 222 Å². The van der Waals surface area contributed by atoms with E-state index in [1.54, 1.807) is 23.1 Å². The summed E-state index contributed by atoms with van der Waals surface area (Å²) in [7, 11) is -7.88. The van der Waals surface area contributed by atoms with Crippen LogP contribution in [0.3, 0.4) is 0 Å². The zero-order valence-electron chi connectivity index (χ0n) is 20.8. The van der Waals surface area contributed by atoms with E-state index in [2.05, 4.69) is 9.44 Å². The number of likely N-dealkylation sites (tertiary alicyclic amines) is 1. The number of hydrogen-bond donors (Lipinski definition) is 2. The summed E-state index contributed by atoms with van der Waals surface area (Å²) < 4.78 is 56.8. The zero-order chi connectivity index (χ0) is 26.8. The second kappa shape index (κ2) is 10.8. The summed E-state index contributed by atoms with van der Waals surface area (Å²) >= 11 is 1.39. The van der Waals surface area contributed by atoms with Gasteiger partial charge in [0.15, 0.2) is 0 Å². The Morgan fingerprint density at radius 2 is 1.32 bits per heavy atom. The summed E-state index contributed by atoms with van der Waals surface area (Å²) in [5.74, 6) is -0.176. The average molecular weight is 560 g/mol. The lowest BCUT2D eigenvalue weighted by atomic mass is 10.1. The molecule has 4 rings (SSSR count). The van der Waals surface area contributed by atoms with Crippen LogP contribution in [-0.2, 0) is 20.0 Å². The van der Waals surface area contributed by atoms with Gasteiger partial charge >= 0.3 is 0 Å². The largest absolute Gasteiger partial charge is 0.339 e. The number of thioether (sulfide) groups is 1. The number of carbonyl (C=O) groups excluding carboxylic acids is 1. The van der Waals surface area contributed by atoms with Gasteiger partial charge < -0.3 is 4.90 Å². The fourth-order valence-electron chi connectivity index (χ4n) is 4.05. The minimum absolute atomic E-state index is 0.00324. The van der Waals surface area contributed by atoms with Crippen LogP contribution in [0.5, 0.6) is 0 Å². The van der Waals surface area contributed by atoms with Crippen molar-refractivity contribution in [3.63, 3.8) is 0 Å². The van der Waals surface area contributed by atoms with Crippen molar-refractivity contribution in [3.8, 4) is 0 Å². The first-order chi connectivity index (χ1) is 17.5. The SMILES string of the molecule is CSc1ccc(S(=O)(=O)Nc2ccc(S(=O)(=O)Nc3ccc(C)c(C)c3)cc2)cc1C(=O)N1CCCC1. The van der Waals surface area contributed by atoms with Crippen LogP contribution in [0, 0.1) is 13.8 Å². The molecule has 0 aromatic heterocycles. The molecule has 0 spiro atoms. The third-order valence-corrected chi connectivity index (χ3v) is 9.85. The summed E-state index contributed by atoms with van der Waals surface area (Å²) in [6.45, 7) is 5.16. The first kappa shape index (κ1) is 27.0. The van der Waals surface area contributed by atoms with Gasteiger partial charge in [-0.1, -0.05) is 6.07 Å². The maximum Gasteiger partial charge on any atom is 0.261 e. The Morgan fingerprint density at radius 1 is 0.757 bits per heavy atom. The van der Waals surface area contributed by atoms with Crippen molar-refractivity contribution in [1.82, 2.24) is 4.90 Å². The Hall–Kier alpha value is -3.02. The predicted octanol–water partition coefficient (Wildman–Crippen LogP) is 4.86. The van der Waals surface area contributed by atoms with Crippen LogP contribution in [0.15, 0.2) is 75.4 Å². The van der Waals surface area contributed by atoms with E-state index in [1.165, 1.54) is 48.2 Å². The van der Waals surface area contributed by atoms with E-state index in [1.807, 2.05) is 26.2 Å². The van der Waals surface area contributed by atoms with E-state index in [0.29, 0.717) is 29.2 Å². The van der Waals surface area contributed by atoms with Gasteiger partial charge in [-0.15, -0.1) is 11.8 Å². The summed E-state index contributed by atoms with van der Waals surface area (Å²) in [5, 5.41) is 0. The summed E-state index contributed by atoms with van der Waals surface area (Å²) in [5.41, 5.74) is 3.01. The highest BCUT2D eigenvalue weighted by molar-refractivity contribution is 7.98. The van der Waals surface area contributed by atoms with Gasteiger partial charge in [0, 0.05) is 29.4 Å². The van der Waals surface area contributed by atoms with E-state index in [0.717, 1.165) is 24.0 Å². The third kappa shape index (κ3) is 6.11. The van der Waals surface area contributed by atoms with Gasteiger partial charge in [-0.25, -0.2) is 16.8 Å². The van der Waals surface area contributed by atoms with Gasteiger partial charge in [0.05, 0.1) is 15.4 Å². The maximum atomic E-state index is 13.1. The average Bonchev–Trinajstić information content (AvgIpc) is 3.40. The Morgan fingerprint density at radius 3 is 1.95 bits per heavy atom. The van der Waals surface area contributed by atoms with Gasteiger partial charge in [-0.3, -0.25) is 14.2 Å². The number of nitrogens with one attached hydrogen (secondary N) is 2. The van der Waals surface area contributed by atoms with Crippen molar-refractivity contribution < 1.29 is 21.6 Å². The van der Waals surface area contributed by atoms with Crippen molar-refractivity contribution in [2.24, 2.45) is 0 Å². The molecule has 0 aliphatic carbocycles. The molecule has 3 aromatic rings. The van der Waals surface area contributed by atoms with Gasteiger partial charge in [0.1, 0.15) is 0 Å². The number of sulfonamides is 2. The molecule has 0 radical (unpaired) electrons. The number of anilines is 2. The van der Waals surface area contributed by atoms with E-state index in [-0.39, 0.29) is 21.4 Å². The number of carbonyl (C=O) groups is 1. The summed E-state index contributed by atoms with van der Waals surface area (Å²) in [4.78, 5) is 15.4. The molecule has 1 aliphatic rings. The molecule has 8 nitrogen and oxygen atoms in total. The molecule has 0 atom stereocenters. The van der Waals surface area contributed by atoms with Crippen LogP contribution in [0.25, 0.3) is 0 Å². The molecule has 196 valence electrons. The summed E-state index contributed by atoms with van der Waals surface area (Å²) in [6, 6.07) is 15.2. The zero-order valence-corrected chi connectivity index (χ0v) is 23.3. The summed E-state index contributed by atoms with van der Waals surface area (Å²) in [6.07, 6.45) is 3.71. The lowest BCUT2D eigenvalue weighted by Crippen LogP contribution is -2.28. The fourth-order valence-corrected chi connectivity index (χ4v) is 6.75. The molecule has 1 heterocycles. The van der Waals surface area contributed by atoms with Crippen LogP contribution in [0.1, 0.15) is 34.3 Å². The highest BCUT2D eigenvalue weighted by Crippen LogP contribution is 2.28. The van der Waals surface area contributed by atoms with Crippen molar-refractivity contribution in [3.05, 3.63) is 77.4 Å². The molecule has 1 saturated heterocycles. The van der Waals surface area contributed by atoms with Gasteiger partial charge in [0.25, 0.3) is 26.0 Å². The Balaban J connectivity index is 1.53. The predicted molar refractivity (Wildman–Crippen MR) is 147 cm³/mol. The highest BCUT2D eigenvalue weighted by Gasteiger charge is 2.25. The lowest BCUT2D eigenvalue weighted by Gasteiger charge is -2.18. The first-order valence-corrected chi connectivity index (χ1v) is 15.9. The van der Waals surface area contributed by atoms with E-state index in [9.17, 15) is 21.6 Å². The minimum Gasteiger partial charge on any atom is -0.339 e. The number of hydrogen-bond acceptors (Lipinski definition) is 6. The number of benzene rings is 3. The first-order valence-electron chi connectivity index (χ1n) is 11.7. The van der Waals surface area contributed by atoms with Crippen LogP contribution >= 0.6 is 11.8 Å². The van der Waals surface area contributed by atoms with E-state index < -0.39 is 20.0 Å². The lowest BCUT2D eigenvalue weighted by molar-refractivity contribution is 0.0789. The van der Waals surface area contributed by atoms with E-state index >= 15 is 0 Å². The number of amides is 1. The molecule has 1 fully saturated rings. The van der Waals surface area contributed by atoms with Crippen molar-refractivity contribution in [2.75, 3.05) is 28.8 Å². The number of nitrogens with zero attached hydrogens (tertiary/aromatic N) is 1. The van der Waals surface area contributed by atoms with Crippen molar-refractivity contribution in [1.29, 1.82) is 0 Å². The van der Waals surface area contributed by atoms with Gasteiger partial charge in [-0.2, -0.15) is 0 Å². The van der Waals surface area contributed by atoms with Gasteiger partial charge in [-0.05, 0) is 98.7 Å². The van der Waals surface area contributed by atoms with Crippen molar-refractivity contribution >= 4 is 49.1 Å². The molecule has 2 N–H and O–H groups in total. The third-order valence-electron chi connectivity index (χ3n) is 6.28. The molecule has 1 amide bonds. The Kier molecular flexibility index (Phi) is 7.86. The monoisotopic (exact) mass is 559 g/mol. The second-order valence-electron chi connectivity index (χ2n) is 8.90. The van der Waals surface area contributed by atoms with E-state index in [4.69, 9.17) is 0 Å². The number of aryl methyl sites for hydroxylation is 2. The Bertz CT molecular complexity index is 1530. The molecular formula is C26H29N3O5S3. The van der Waals surface area contributed by atoms with Crippen LogP contribution < -0.4 is 9.44 Å². The standard InChI is InChI=1S/C26H29N3O5S3/c1-18-6-7-21(16-19(18)2)28-36(31,32)22-10-8-20(9-11-22)27-37(33,34)23-12-13-25(35-3)24(17-23)26(30)29-14-4-5-15-29/h6-13,16-17,27-28H,4-5,14-15H2,1-3H3. The molecule has 3 aromatic carbocycles. The van der Waals surface area contributed by atoms with Crippen LogP contribution in [-0.4, -0.2) is 47.0 Å². The minimum atomic E-state index is -4.02. The fraction of sp³-hybridized carbons (Fsp3) is 0.269. The van der Waals surface area contributed by atoms with Gasteiger partial charge in [0.2, 0.25) is 0 Å². The molecule has 0 unspecified atom stereocenters.